The minimum absolute atomic E-state index is 0.0152. The molecular formula is C22H28N3O3S+. The number of nitrogens with one attached hydrogen (secondary N) is 1. The number of sulfone groups is 1. The summed E-state index contributed by atoms with van der Waals surface area (Å²) in [5.74, 6) is 0.239. The predicted molar refractivity (Wildman–Crippen MR) is 115 cm³/mol. The zero-order valence-corrected chi connectivity index (χ0v) is 17.4. The number of hydrogen-bond acceptors (Lipinski definition) is 4. The summed E-state index contributed by atoms with van der Waals surface area (Å²) in [5.41, 5.74) is 2.02. The number of amides is 1. The Labute approximate surface area is 172 Å². The first-order chi connectivity index (χ1) is 14.0. The quantitative estimate of drug-likeness (QED) is 0.779. The lowest BCUT2D eigenvalue weighted by atomic mass is 10.1. The van der Waals surface area contributed by atoms with Crippen LogP contribution >= 0.6 is 0 Å². The molecule has 1 atom stereocenters. The number of carbonyl (C=O) groups excluding carboxylic acids is 1. The summed E-state index contributed by atoms with van der Waals surface area (Å²) in [4.78, 5) is 18.6. The van der Waals surface area contributed by atoms with Crippen molar-refractivity contribution in [1.29, 1.82) is 0 Å². The van der Waals surface area contributed by atoms with Gasteiger partial charge in [-0.05, 0) is 30.7 Å². The highest BCUT2D eigenvalue weighted by Gasteiger charge is 2.37. The highest BCUT2D eigenvalue weighted by atomic mass is 32.2. The molecule has 0 radical (unpaired) electrons. The third-order valence-electron chi connectivity index (χ3n) is 5.87. The SMILES string of the molecule is O=C(C[NH+]1CCN(c2ccccc2)CC1)N(c1ccccc1)[C@H]1CCS(=O)(=O)C1. The van der Waals surface area contributed by atoms with Gasteiger partial charge < -0.3 is 14.7 Å². The summed E-state index contributed by atoms with van der Waals surface area (Å²) in [6.07, 6.45) is 0.514. The van der Waals surface area contributed by atoms with E-state index in [2.05, 4.69) is 17.0 Å². The second-order valence-corrected chi connectivity index (χ2v) is 10.1. The van der Waals surface area contributed by atoms with Crippen LogP contribution in [0.15, 0.2) is 60.7 Å². The van der Waals surface area contributed by atoms with Crippen LogP contribution in [-0.4, -0.2) is 64.6 Å². The van der Waals surface area contributed by atoms with Gasteiger partial charge in [0.1, 0.15) is 0 Å². The number of piperazine rings is 1. The van der Waals surface area contributed by atoms with Crippen LogP contribution in [0.2, 0.25) is 0 Å². The number of nitrogens with zero attached hydrogens (tertiary/aromatic N) is 2. The first kappa shape index (κ1) is 19.9. The number of benzene rings is 2. The van der Waals surface area contributed by atoms with E-state index in [4.69, 9.17) is 0 Å². The topological polar surface area (TPSA) is 62.1 Å². The normalized spacial score (nSPS) is 21.8. The van der Waals surface area contributed by atoms with E-state index in [-0.39, 0.29) is 23.5 Å². The summed E-state index contributed by atoms with van der Waals surface area (Å²) in [5, 5.41) is 0. The number of carbonyl (C=O) groups is 1. The zero-order valence-electron chi connectivity index (χ0n) is 16.5. The van der Waals surface area contributed by atoms with Crippen molar-refractivity contribution in [2.24, 2.45) is 0 Å². The van der Waals surface area contributed by atoms with Gasteiger partial charge in [-0.1, -0.05) is 36.4 Å². The lowest BCUT2D eigenvalue weighted by molar-refractivity contribution is -0.892. The molecule has 0 aliphatic carbocycles. The van der Waals surface area contributed by atoms with Crippen molar-refractivity contribution in [3.05, 3.63) is 60.7 Å². The van der Waals surface area contributed by atoms with Crippen LogP contribution in [-0.2, 0) is 14.6 Å². The average Bonchev–Trinajstić information content (AvgIpc) is 3.09. The molecule has 0 spiro atoms. The summed E-state index contributed by atoms with van der Waals surface area (Å²) < 4.78 is 24.0. The number of quaternary nitrogens is 1. The van der Waals surface area contributed by atoms with Crippen molar-refractivity contribution < 1.29 is 18.1 Å². The van der Waals surface area contributed by atoms with Crippen molar-refractivity contribution in [2.75, 3.05) is 54.0 Å². The Bertz CT molecular complexity index is 926. The average molecular weight is 415 g/mol. The zero-order chi connectivity index (χ0) is 20.3. The largest absolute Gasteiger partial charge is 0.360 e. The van der Waals surface area contributed by atoms with E-state index in [1.807, 2.05) is 48.5 Å². The van der Waals surface area contributed by atoms with Crippen molar-refractivity contribution in [3.8, 4) is 0 Å². The fourth-order valence-electron chi connectivity index (χ4n) is 4.32. The van der Waals surface area contributed by atoms with Gasteiger partial charge in [-0.3, -0.25) is 4.79 Å². The summed E-state index contributed by atoms with van der Waals surface area (Å²) in [6, 6.07) is 19.6. The van der Waals surface area contributed by atoms with Crippen LogP contribution in [0.5, 0.6) is 0 Å². The van der Waals surface area contributed by atoms with Crippen LogP contribution < -0.4 is 14.7 Å². The van der Waals surface area contributed by atoms with Crippen LogP contribution in [0.1, 0.15) is 6.42 Å². The van der Waals surface area contributed by atoms with Crippen molar-refractivity contribution in [2.45, 2.75) is 12.5 Å². The highest BCUT2D eigenvalue weighted by molar-refractivity contribution is 7.91. The summed E-state index contributed by atoms with van der Waals surface area (Å²) in [6.45, 7) is 4.01. The maximum atomic E-state index is 13.3. The molecule has 6 nitrogen and oxygen atoms in total. The fourth-order valence-corrected chi connectivity index (χ4v) is 6.02. The minimum Gasteiger partial charge on any atom is -0.360 e. The van der Waals surface area contributed by atoms with E-state index in [9.17, 15) is 13.2 Å². The van der Waals surface area contributed by atoms with Gasteiger partial charge in [0.05, 0.1) is 43.7 Å². The second-order valence-electron chi connectivity index (χ2n) is 7.91. The Morgan fingerprint density at radius 3 is 2.21 bits per heavy atom. The highest BCUT2D eigenvalue weighted by Crippen LogP contribution is 2.24. The van der Waals surface area contributed by atoms with E-state index < -0.39 is 9.84 Å². The van der Waals surface area contributed by atoms with Gasteiger partial charge in [-0.25, -0.2) is 8.42 Å². The van der Waals surface area contributed by atoms with Gasteiger partial charge in [0.2, 0.25) is 0 Å². The first-order valence-corrected chi connectivity index (χ1v) is 12.0. The number of hydrogen-bond donors (Lipinski definition) is 1. The van der Waals surface area contributed by atoms with E-state index in [0.29, 0.717) is 13.0 Å². The lowest BCUT2D eigenvalue weighted by Gasteiger charge is -2.35. The Balaban J connectivity index is 1.42. The number of anilines is 2. The van der Waals surface area contributed by atoms with E-state index in [1.165, 1.54) is 10.6 Å². The predicted octanol–water partition coefficient (Wildman–Crippen LogP) is 0.612. The Kier molecular flexibility index (Phi) is 5.87. The van der Waals surface area contributed by atoms with Crippen molar-refractivity contribution in [3.63, 3.8) is 0 Å². The molecule has 7 heteroatoms. The molecule has 29 heavy (non-hydrogen) atoms. The lowest BCUT2D eigenvalue weighted by Crippen LogP contribution is -3.16. The molecule has 4 rings (SSSR count). The van der Waals surface area contributed by atoms with Gasteiger partial charge in [0.25, 0.3) is 5.91 Å². The molecule has 2 aliphatic rings. The molecule has 2 fully saturated rings. The standard InChI is InChI=1S/C22H27N3O3S/c26-22(17-23-12-14-24(15-13-23)19-7-3-1-4-8-19)25(20-9-5-2-6-10-20)21-11-16-29(27,28)18-21/h1-10,21H,11-18H2/p+1/t21-/m0/s1. The Morgan fingerprint density at radius 1 is 1.00 bits per heavy atom. The van der Waals surface area contributed by atoms with Gasteiger partial charge in [0, 0.05) is 11.4 Å². The van der Waals surface area contributed by atoms with E-state index in [1.54, 1.807) is 4.90 Å². The van der Waals surface area contributed by atoms with Crippen molar-refractivity contribution in [1.82, 2.24) is 0 Å². The number of para-hydroxylation sites is 2. The van der Waals surface area contributed by atoms with Crippen LogP contribution in [0.4, 0.5) is 11.4 Å². The fraction of sp³-hybridized carbons (Fsp3) is 0.409. The van der Waals surface area contributed by atoms with Crippen LogP contribution in [0, 0.1) is 0 Å². The molecule has 2 aliphatic heterocycles. The molecule has 0 bridgehead atoms. The minimum atomic E-state index is -3.06. The van der Waals surface area contributed by atoms with Gasteiger partial charge >= 0.3 is 0 Å². The smallest absolute Gasteiger partial charge is 0.282 e. The molecule has 1 N–H and O–H groups in total. The molecule has 154 valence electrons. The molecule has 0 unspecified atom stereocenters. The molecule has 2 saturated heterocycles. The second kappa shape index (κ2) is 8.55. The maximum absolute atomic E-state index is 13.3. The summed E-state index contributed by atoms with van der Waals surface area (Å²) in [7, 11) is -3.06. The Morgan fingerprint density at radius 2 is 1.62 bits per heavy atom. The van der Waals surface area contributed by atoms with Crippen LogP contribution in [0.25, 0.3) is 0 Å². The molecule has 2 aromatic carbocycles. The van der Waals surface area contributed by atoms with E-state index in [0.717, 1.165) is 31.9 Å². The van der Waals surface area contributed by atoms with Crippen LogP contribution in [0.3, 0.4) is 0 Å². The van der Waals surface area contributed by atoms with E-state index >= 15 is 0 Å². The molecule has 2 aromatic rings. The van der Waals surface area contributed by atoms with Gasteiger partial charge in [-0.15, -0.1) is 0 Å². The molecule has 1 amide bonds. The van der Waals surface area contributed by atoms with Gasteiger partial charge in [-0.2, -0.15) is 0 Å². The third kappa shape index (κ3) is 4.79. The molecule has 2 heterocycles. The molecule has 0 saturated carbocycles. The molecular weight excluding hydrogens is 386 g/mol. The van der Waals surface area contributed by atoms with Gasteiger partial charge in [0.15, 0.2) is 16.4 Å². The number of rotatable bonds is 5. The first-order valence-electron chi connectivity index (χ1n) is 10.2. The monoisotopic (exact) mass is 414 g/mol. The third-order valence-corrected chi connectivity index (χ3v) is 7.62. The maximum Gasteiger partial charge on any atom is 0.282 e. The van der Waals surface area contributed by atoms with Crippen molar-refractivity contribution >= 4 is 27.1 Å². The summed E-state index contributed by atoms with van der Waals surface area (Å²) >= 11 is 0. The Hall–Kier alpha value is -2.38. The molecule has 0 aromatic heterocycles.